The molecule has 2 heterocycles. The molecule has 1 fully saturated rings. The molecule has 1 unspecified atom stereocenters. The van der Waals surface area contributed by atoms with E-state index in [2.05, 4.69) is 10.3 Å². The molecular weight excluding hydrogens is 268 g/mol. The number of para-hydroxylation sites is 1. The minimum absolute atomic E-state index is 0.0596. The van der Waals surface area contributed by atoms with E-state index in [9.17, 15) is 4.79 Å². The maximum Gasteiger partial charge on any atom is 0.275 e. The molecule has 1 N–H and O–H groups in total. The Labute approximate surface area is 122 Å². The monoisotopic (exact) mass is 286 g/mol. The van der Waals surface area contributed by atoms with E-state index in [0.717, 1.165) is 16.6 Å². The smallest absolute Gasteiger partial charge is 0.275 e. The molecule has 1 aliphatic rings. The van der Waals surface area contributed by atoms with Crippen LogP contribution < -0.4 is 0 Å². The second-order valence-electron chi connectivity index (χ2n) is 5.48. The third kappa shape index (κ3) is 2.26. The molecule has 0 radical (unpaired) electrons. The first-order valence-electron chi connectivity index (χ1n) is 7.03. The summed E-state index contributed by atoms with van der Waals surface area (Å²) < 4.78 is 1.73. The number of fused-ring (bicyclic) bond motifs is 1. The van der Waals surface area contributed by atoms with Gasteiger partial charge in [-0.15, -0.1) is 0 Å². The van der Waals surface area contributed by atoms with E-state index < -0.39 is 0 Å². The quantitative estimate of drug-likeness (QED) is 0.643. The first-order chi connectivity index (χ1) is 10.1. The molecule has 110 valence electrons. The lowest BCUT2D eigenvalue weighted by molar-refractivity contribution is 0.0729. The highest BCUT2D eigenvalue weighted by atomic mass is 16.4. The van der Waals surface area contributed by atoms with Crippen molar-refractivity contribution in [1.29, 1.82) is 0 Å². The Hall–Kier alpha value is -2.37. The molecule has 0 aliphatic carbocycles. The van der Waals surface area contributed by atoms with Crippen LogP contribution in [0, 0.1) is 5.92 Å². The summed E-state index contributed by atoms with van der Waals surface area (Å²) >= 11 is 0. The molecule has 2 aromatic rings. The molecule has 1 amide bonds. The summed E-state index contributed by atoms with van der Waals surface area (Å²) in [5, 5.41) is 17.5. The number of hydrogen-bond acceptors (Lipinski definition) is 4. The lowest BCUT2D eigenvalue weighted by atomic mass is 9.97. The molecule has 6 nitrogen and oxygen atoms in total. The molecule has 21 heavy (non-hydrogen) atoms. The highest BCUT2D eigenvalue weighted by Gasteiger charge is 2.28. The molecule has 1 aromatic heterocycles. The van der Waals surface area contributed by atoms with Gasteiger partial charge in [0.25, 0.3) is 5.91 Å². The van der Waals surface area contributed by atoms with E-state index in [1.54, 1.807) is 9.58 Å². The van der Waals surface area contributed by atoms with E-state index in [4.69, 9.17) is 5.21 Å². The standard InChI is InChI=1S/C15H18N4O2/c1-10-9-19(8-7-12(10)17-21)15(20)14-11-5-3-4-6-13(11)18(2)16-14/h3-6,10,21H,7-9H2,1-2H3/b17-12+. The molecule has 0 spiro atoms. The molecule has 1 aliphatic heterocycles. The zero-order valence-electron chi connectivity index (χ0n) is 12.2. The van der Waals surface area contributed by atoms with Crippen molar-refractivity contribution in [2.45, 2.75) is 13.3 Å². The maximum absolute atomic E-state index is 12.7. The summed E-state index contributed by atoms with van der Waals surface area (Å²) in [6.45, 7) is 3.08. The second kappa shape index (κ2) is 5.20. The number of carbonyl (C=O) groups excluding carboxylic acids is 1. The number of oxime groups is 1. The lowest BCUT2D eigenvalue weighted by Gasteiger charge is -2.31. The predicted octanol–water partition coefficient (Wildman–Crippen LogP) is 1.89. The lowest BCUT2D eigenvalue weighted by Crippen LogP contribution is -2.43. The summed E-state index contributed by atoms with van der Waals surface area (Å²) in [7, 11) is 1.84. The number of piperidine rings is 1. The van der Waals surface area contributed by atoms with Crippen LogP contribution in [0.4, 0.5) is 0 Å². The van der Waals surface area contributed by atoms with E-state index in [0.29, 0.717) is 25.2 Å². The van der Waals surface area contributed by atoms with Gasteiger partial charge in [-0.05, 0) is 6.07 Å². The molecular formula is C15H18N4O2. The van der Waals surface area contributed by atoms with Gasteiger partial charge < -0.3 is 10.1 Å². The van der Waals surface area contributed by atoms with E-state index in [-0.39, 0.29) is 11.8 Å². The summed E-state index contributed by atoms with van der Waals surface area (Å²) in [6, 6.07) is 7.72. The molecule has 0 bridgehead atoms. The van der Waals surface area contributed by atoms with Crippen molar-refractivity contribution in [2.75, 3.05) is 13.1 Å². The number of rotatable bonds is 1. The Morgan fingerprint density at radius 3 is 2.90 bits per heavy atom. The van der Waals surface area contributed by atoms with Gasteiger partial charge in [0.05, 0.1) is 11.2 Å². The Morgan fingerprint density at radius 2 is 2.19 bits per heavy atom. The fourth-order valence-electron chi connectivity index (χ4n) is 2.88. The number of amides is 1. The van der Waals surface area contributed by atoms with Crippen LogP contribution in [0.15, 0.2) is 29.4 Å². The van der Waals surface area contributed by atoms with Crippen LogP contribution in [0.3, 0.4) is 0 Å². The molecule has 6 heteroatoms. The van der Waals surface area contributed by atoms with E-state index >= 15 is 0 Å². The van der Waals surface area contributed by atoms with Crippen molar-refractivity contribution in [3.8, 4) is 0 Å². The Balaban J connectivity index is 1.91. The average molecular weight is 286 g/mol. The summed E-state index contributed by atoms with van der Waals surface area (Å²) in [5.74, 6) is 0.0123. The average Bonchev–Trinajstić information content (AvgIpc) is 2.84. The SMILES string of the molecule is CC1CN(C(=O)c2nn(C)c3ccccc23)CC/C1=N\O. The predicted molar refractivity (Wildman–Crippen MR) is 79.6 cm³/mol. The van der Waals surface area contributed by atoms with Gasteiger partial charge in [0.2, 0.25) is 0 Å². The minimum Gasteiger partial charge on any atom is -0.411 e. The van der Waals surface area contributed by atoms with Gasteiger partial charge in [-0.2, -0.15) is 5.10 Å². The van der Waals surface area contributed by atoms with Gasteiger partial charge in [0.1, 0.15) is 0 Å². The first kappa shape index (κ1) is 13.6. The van der Waals surface area contributed by atoms with Crippen molar-refractivity contribution in [3.05, 3.63) is 30.0 Å². The minimum atomic E-state index is -0.0596. The topological polar surface area (TPSA) is 70.7 Å². The zero-order valence-corrected chi connectivity index (χ0v) is 12.2. The Morgan fingerprint density at radius 1 is 1.43 bits per heavy atom. The Bertz CT molecular complexity index is 720. The highest BCUT2D eigenvalue weighted by Crippen LogP contribution is 2.21. The number of nitrogens with zero attached hydrogens (tertiary/aromatic N) is 4. The molecule has 0 saturated carbocycles. The van der Waals surface area contributed by atoms with Crippen LogP contribution in [0.25, 0.3) is 10.9 Å². The molecule has 3 rings (SSSR count). The van der Waals surface area contributed by atoms with Crippen molar-refractivity contribution < 1.29 is 10.0 Å². The highest BCUT2D eigenvalue weighted by molar-refractivity contribution is 6.05. The molecule has 1 aromatic carbocycles. The Kier molecular flexibility index (Phi) is 3.37. The normalized spacial score (nSPS) is 21.1. The number of carbonyl (C=O) groups is 1. The van der Waals surface area contributed by atoms with E-state index in [1.807, 2.05) is 38.2 Å². The van der Waals surface area contributed by atoms with Crippen LogP contribution in [-0.4, -0.2) is 44.6 Å². The first-order valence-corrected chi connectivity index (χ1v) is 7.03. The number of likely N-dealkylation sites (tertiary alicyclic amines) is 1. The van der Waals surface area contributed by atoms with Crippen LogP contribution in [0.2, 0.25) is 0 Å². The molecule has 1 saturated heterocycles. The van der Waals surface area contributed by atoms with E-state index in [1.165, 1.54) is 0 Å². The van der Waals surface area contributed by atoms with Gasteiger partial charge in [0.15, 0.2) is 5.69 Å². The summed E-state index contributed by atoms with van der Waals surface area (Å²) in [5.41, 5.74) is 2.19. The van der Waals surface area contributed by atoms with Gasteiger partial charge >= 0.3 is 0 Å². The number of aromatic nitrogens is 2. The number of hydrogen-bond donors (Lipinski definition) is 1. The second-order valence-corrected chi connectivity index (χ2v) is 5.48. The molecule has 1 atom stereocenters. The van der Waals surface area contributed by atoms with Gasteiger partial charge in [-0.3, -0.25) is 9.48 Å². The van der Waals surface area contributed by atoms with Gasteiger partial charge in [0, 0.05) is 37.9 Å². The number of benzene rings is 1. The van der Waals surface area contributed by atoms with Crippen LogP contribution in [-0.2, 0) is 7.05 Å². The number of aryl methyl sites for hydroxylation is 1. The van der Waals surface area contributed by atoms with Crippen LogP contribution >= 0.6 is 0 Å². The van der Waals surface area contributed by atoms with Crippen molar-refractivity contribution in [2.24, 2.45) is 18.1 Å². The third-order valence-electron chi connectivity index (χ3n) is 4.08. The van der Waals surface area contributed by atoms with Gasteiger partial charge in [-0.1, -0.05) is 30.3 Å². The van der Waals surface area contributed by atoms with Crippen molar-refractivity contribution >= 4 is 22.5 Å². The van der Waals surface area contributed by atoms with Gasteiger partial charge in [-0.25, -0.2) is 0 Å². The van der Waals surface area contributed by atoms with Crippen molar-refractivity contribution in [1.82, 2.24) is 14.7 Å². The van der Waals surface area contributed by atoms with Crippen molar-refractivity contribution in [3.63, 3.8) is 0 Å². The summed E-state index contributed by atoms with van der Waals surface area (Å²) in [4.78, 5) is 14.5. The van der Waals surface area contributed by atoms with Crippen LogP contribution in [0.5, 0.6) is 0 Å². The summed E-state index contributed by atoms with van der Waals surface area (Å²) in [6.07, 6.45) is 0.605. The zero-order chi connectivity index (χ0) is 15.0. The fraction of sp³-hybridized carbons (Fsp3) is 0.400. The van der Waals surface area contributed by atoms with Crippen LogP contribution in [0.1, 0.15) is 23.8 Å². The maximum atomic E-state index is 12.7. The third-order valence-corrected chi connectivity index (χ3v) is 4.08. The largest absolute Gasteiger partial charge is 0.411 e. The fourth-order valence-corrected chi connectivity index (χ4v) is 2.88.